The van der Waals surface area contributed by atoms with E-state index in [1.807, 2.05) is 0 Å². The molecule has 1 aromatic rings. The van der Waals surface area contributed by atoms with Crippen molar-refractivity contribution in [2.75, 3.05) is 20.3 Å². The lowest BCUT2D eigenvalue weighted by molar-refractivity contribution is 0.171. The van der Waals surface area contributed by atoms with Crippen LogP contribution in [0.15, 0.2) is 17.3 Å². The van der Waals surface area contributed by atoms with Crippen molar-refractivity contribution in [2.24, 2.45) is 0 Å². The van der Waals surface area contributed by atoms with Crippen molar-refractivity contribution in [3.05, 3.63) is 17.8 Å². The first-order valence-electron chi connectivity index (χ1n) is 4.99. The van der Waals surface area contributed by atoms with Crippen LogP contribution in [0.4, 0.5) is 0 Å². The van der Waals surface area contributed by atoms with Crippen molar-refractivity contribution >= 4 is 19.7 Å². The predicted octanol–water partition coefficient (Wildman–Crippen LogP) is 1.73. The van der Waals surface area contributed by atoms with Gasteiger partial charge in [-0.25, -0.2) is 13.4 Å². The number of nitrogens with zero attached hydrogens (tertiary/aromatic N) is 1. The van der Waals surface area contributed by atoms with E-state index in [2.05, 4.69) is 4.98 Å². The second kappa shape index (κ2) is 6.18. The van der Waals surface area contributed by atoms with Crippen molar-refractivity contribution in [1.29, 1.82) is 0 Å². The van der Waals surface area contributed by atoms with E-state index in [9.17, 15) is 8.42 Å². The van der Waals surface area contributed by atoms with Crippen LogP contribution in [0.5, 0.6) is 5.75 Å². The molecule has 0 fully saturated rings. The highest BCUT2D eigenvalue weighted by atomic mass is 35.7. The predicted molar refractivity (Wildman–Crippen MR) is 64.0 cm³/mol. The molecule has 1 rings (SSSR count). The van der Waals surface area contributed by atoms with Crippen LogP contribution in [-0.4, -0.2) is 33.7 Å². The van der Waals surface area contributed by atoms with E-state index in [4.69, 9.17) is 20.2 Å². The lowest BCUT2D eigenvalue weighted by atomic mass is 10.3. The molecule has 0 saturated heterocycles. The molecule has 0 aliphatic rings. The Kier molecular flexibility index (Phi) is 5.17. The summed E-state index contributed by atoms with van der Waals surface area (Å²) in [5.74, 6) is 0.468. The Bertz CT molecular complexity index is 475. The Morgan fingerprint density at radius 3 is 2.71 bits per heavy atom. The fourth-order valence-electron chi connectivity index (χ4n) is 1.29. The lowest BCUT2D eigenvalue weighted by Gasteiger charge is -2.10. The van der Waals surface area contributed by atoms with Crippen LogP contribution >= 0.6 is 10.7 Å². The van der Waals surface area contributed by atoms with Crippen molar-refractivity contribution in [1.82, 2.24) is 4.98 Å². The summed E-state index contributed by atoms with van der Waals surface area (Å²) in [5, 5.41) is -0.164. The van der Waals surface area contributed by atoms with Crippen LogP contribution in [0, 0.1) is 6.92 Å². The molecule has 0 N–H and O–H groups in total. The molecule has 96 valence electrons. The van der Waals surface area contributed by atoms with Gasteiger partial charge in [0, 0.05) is 42.6 Å². The Morgan fingerprint density at radius 2 is 2.12 bits per heavy atom. The maximum Gasteiger partial charge on any atom is 0.279 e. The summed E-state index contributed by atoms with van der Waals surface area (Å²) >= 11 is 0. The average molecular weight is 280 g/mol. The third-order valence-corrected chi connectivity index (χ3v) is 3.40. The SMILES string of the molecule is COCCCOc1ccnc(S(=O)(=O)Cl)c1C. The number of rotatable bonds is 6. The smallest absolute Gasteiger partial charge is 0.279 e. The Hall–Kier alpha value is -0.850. The normalized spacial score (nSPS) is 11.5. The highest BCUT2D eigenvalue weighted by molar-refractivity contribution is 8.13. The standard InChI is InChI=1S/C10H14ClNO4S/c1-8-9(16-7-3-6-15-2)4-5-12-10(8)17(11,13)14/h4-5H,3,6-7H2,1-2H3. The van der Waals surface area contributed by atoms with Crippen LogP contribution < -0.4 is 4.74 Å². The highest BCUT2D eigenvalue weighted by Crippen LogP contribution is 2.25. The van der Waals surface area contributed by atoms with Gasteiger partial charge in [0.05, 0.1) is 6.61 Å². The van der Waals surface area contributed by atoms with Crippen molar-refractivity contribution in [3.8, 4) is 5.75 Å². The first kappa shape index (κ1) is 14.2. The summed E-state index contributed by atoms with van der Waals surface area (Å²) in [6, 6.07) is 1.60. The molecule has 0 radical (unpaired) electrons. The molecule has 7 heteroatoms. The van der Waals surface area contributed by atoms with Gasteiger partial charge in [-0.3, -0.25) is 0 Å². The number of methoxy groups -OCH3 is 1. The van der Waals surface area contributed by atoms with Gasteiger partial charge in [0.25, 0.3) is 9.05 Å². The lowest BCUT2D eigenvalue weighted by Crippen LogP contribution is -2.05. The van der Waals surface area contributed by atoms with E-state index in [1.165, 1.54) is 6.20 Å². The monoisotopic (exact) mass is 279 g/mol. The molecule has 17 heavy (non-hydrogen) atoms. The molecule has 5 nitrogen and oxygen atoms in total. The third kappa shape index (κ3) is 4.14. The first-order valence-corrected chi connectivity index (χ1v) is 7.29. The molecule has 0 aliphatic carbocycles. The van der Waals surface area contributed by atoms with Crippen molar-refractivity contribution in [2.45, 2.75) is 18.4 Å². The fourth-order valence-corrected chi connectivity index (χ4v) is 2.41. The van der Waals surface area contributed by atoms with Gasteiger partial charge >= 0.3 is 0 Å². The maximum absolute atomic E-state index is 11.2. The van der Waals surface area contributed by atoms with E-state index in [0.29, 0.717) is 24.5 Å². The number of pyridine rings is 1. The van der Waals surface area contributed by atoms with Crippen LogP contribution in [0.3, 0.4) is 0 Å². The zero-order valence-corrected chi connectivity index (χ0v) is 11.2. The minimum Gasteiger partial charge on any atom is -0.493 e. The molecule has 0 amide bonds. The topological polar surface area (TPSA) is 65.5 Å². The Morgan fingerprint density at radius 1 is 1.41 bits per heavy atom. The van der Waals surface area contributed by atoms with Gasteiger partial charge in [-0.15, -0.1) is 0 Å². The van der Waals surface area contributed by atoms with E-state index in [0.717, 1.165) is 6.42 Å². The maximum atomic E-state index is 11.2. The average Bonchev–Trinajstić information content (AvgIpc) is 2.25. The quantitative estimate of drug-likeness (QED) is 0.586. The summed E-state index contributed by atoms with van der Waals surface area (Å²) in [6.07, 6.45) is 2.08. The van der Waals surface area contributed by atoms with Crippen LogP contribution in [0.1, 0.15) is 12.0 Å². The van der Waals surface area contributed by atoms with E-state index < -0.39 is 9.05 Å². The van der Waals surface area contributed by atoms with Gasteiger partial charge in [-0.05, 0) is 13.0 Å². The molecule has 0 aliphatic heterocycles. The summed E-state index contributed by atoms with van der Waals surface area (Å²) in [6.45, 7) is 2.64. The number of ether oxygens (including phenoxy) is 2. The zero-order valence-electron chi connectivity index (χ0n) is 9.64. The molecule has 1 aromatic heterocycles. The number of hydrogen-bond acceptors (Lipinski definition) is 5. The zero-order chi connectivity index (χ0) is 12.9. The molecular weight excluding hydrogens is 266 g/mol. The summed E-state index contributed by atoms with van der Waals surface area (Å²) in [4.78, 5) is 3.73. The van der Waals surface area contributed by atoms with E-state index in [1.54, 1.807) is 20.1 Å². The molecule has 0 bridgehead atoms. The number of halogens is 1. The summed E-state index contributed by atoms with van der Waals surface area (Å²) in [5.41, 5.74) is 0.417. The largest absolute Gasteiger partial charge is 0.493 e. The summed E-state index contributed by atoms with van der Waals surface area (Å²) in [7, 11) is 3.03. The molecule has 0 aromatic carbocycles. The molecule has 0 atom stereocenters. The minimum atomic E-state index is -3.83. The molecule has 0 spiro atoms. The van der Waals surface area contributed by atoms with Gasteiger partial charge in [0.2, 0.25) is 0 Å². The second-order valence-corrected chi connectivity index (χ2v) is 5.85. The van der Waals surface area contributed by atoms with Gasteiger partial charge in [0.15, 0.2) is 5.03 Å². The third-order valence-electron chi connectivity index (χ3n) is 2.09. The Labute approximate surface area is 105 Å². The highest BCUT2D eigenvalue weighted by Gasteiger charge is 2.17. The van der Waals surface area contributed by atoms with Crippen LogP contribution in [0.2, 0.25) is 0 Å². The van der Waals surface area contributed by atoms with Crippen LogP contribution in [-0.2, 0) is 13.8 Å². The van der Waals surface area contributed by atoms with Gasteiger partial charge in [0.1, 0.15) is 5.75 Å². The van der Waals surface area contributed by atoms with Gasteiger partial charge < -0.3 is 9.47 Å². The first-order chi connectivity index (χ1) is 7.96. The molecule has 1 heterocycles. The van der Waals surface area contributed by atoms with Crippen molar-refractivity contribution < 1.29 is 17.9 Å². The van der Waals surface area contributed by atoms with Crippen molar-refractivity contribution in [3.63, 3.8) is 0 Å². The molecule has 0 saturated carbocycles. The number of aromatic nitrogens is 1. The molecule has 0 unspecified atom stereocenters. The number of hydrogen-bond donors (Lipinski definition) is 0. The van der Waals surface area contributed by atoms with Crippen LogP contribution in [0.25, 0.3) is 0 Å². The van der Waals surface area contributed by atoms with E-state index in [-0.39, 0.29) is 5.03 Å². The fraction of sp³-hybridized carbons (Fsp3) is 0.500. The van der Waals surface area contributed by atoms with Gasteiger partial charge in [-0.2, -0.15) is 0 Å². The van der Waals surface area contributed by atoms with E-state index >= 15 is 0 Å². The molecular formula is C10H14ClNO4S. The Balaban J connectivity index is 2.81. The minimum absolute atomic E-state index is 0.164. The summed E-state index contributed by atoms with van der Waals surface area (Å²) < 4.78 is 32.7. The van der Waals surface area contributed by atoms with Gasteiger partial charge in [-0.1, -0.05) is 0 Å². The second-order valence-electron chi connectivity index (χ2n) is 3.37.